The quantitative estimate of drug-likeness (QED) is 0.781. The van der Waals surface area contributed by atoms with Crippen molar-refractivity contribution in [3.05, 3.63) is 47.7 Å². The van der Waals surface area contributed by atoms with Gasteiger partial charge in [-0.25, -0.2) is 5.06 Å². The SMILES string of the molecule is CON(C)C(=O)c1ccoc1-c1cccc(C)c1. The summed E-state index contributed by atoms with van der Waals surface area (Å²) < 4.78 is 5.42. The Morgan fingerprint density at radius 2 is 2.11 bits per heavy atom. The number of rotatable bonds is 3. The fourth-order valence-corrected chi connectivity index (χ4v) is 1.74. The number of hydrogen-bond donors (Lipinski definition) is 0. The molecule has 0 fully saturated rings. The van der Waals surface area contributed by atoms with Crippen LogP contribution in [0, 0.1) is 6.92 Å². The van der Waals surface area contributed by atoms with Crippen LogP contribution in [0.25, 0.3) is 11.3 Å². The van der Waals surface area contributed by atoms with Gasteiger partial charge in [-0.05, 0) is 19.1 Å². The van der Waals surface area contributed by atoms with Gasteiger partial charge in [0.15, 0.2) is 0 Å². The Balaban J connectivity index is 2.42. The van der Waals surface area contributed by atoms with Gasteiger partial charge in [-0.15, -0.1) is 0 Å². The molecule has 0 spiro atoms. The monoisotopic (exact) mass is 245 g/mol. The Kier molecular flexibility index (Phi) is 3.48. The summed E-state index contributed by atoms with van der Waals surface area (Å²) in [6.07, 6.45) is 1.51. The highest BCUT2D eigenvalue weighted by atomic mass is 16.7. The standard InChI is InChI=1S/C14H15NO3/c1-10-5-4-6-11(9-10)13-12(7-8-18-13)14(16)15(2)17-3/h4-9H,1-3H3. The Bertz CT molecular complexity index is 560. The number of hydroxylamine groups is 2. The third-order valence-electron chi connectivity index (χ3n) is 2.74. The minimum absolute atomic E-state index is 0.234. The second-order valence-corrected chi connectivity index (χ2v) is 4.02. The normalized spacial score (nSPS) is 10.4. The van der Waals surface area contributed by atoms with Crippen molar-refractivity contribution < 1.29 is 14.0 Å². The van der Waals surface area contributed by atoms with Gasteiger partial charge in [0.25, 0.3) is 5.91 Å². The molecule has 4 nitrogen and oxygen atoms in total. The number of carbonyl (C=O) groups is 1. The lowest BCUT2D eigenvalue weighted by atomic mass is 10.1. The van der Waals surface area contributed by atoms with Crippen molar-refractivity contribution in [1.82, 2.24) is 5.06 Å². The Labute approximate surface area is 106 Å². The van der Waals surface area contributed by atoms with Crippen molar-refractivity contribution in [3.63, 3.8) is 0 Å². The maximum absolute atomic E-state index is 12.1. The van der Waals surface area contributed by atoms with E-state index in [1.165, 1.54) is 18.4 Å². The van der Waals surface area contributed by atoms with E-state index < -0.39 is 0 Å². The van der Waals surface area contributed by atoms with E-state index in [0.717, 1.165) is 11.1 Å². The molecule has 0 saturated heterocycles. The van der Waals surface area contributed by atoms with Gasteiger partial charge in [0, 0.05) is 12.6 Å². The summed E-state index contributed by atoms with van der Waals surface area (Å²) in [7, 11) is 3.01. The minimum atomic E-state index is -0.234. The lowest BCUT2D eigenvalue weighted by molar-refractivity contribution is -0.0756. The van der Waals surface area contributed by atoms with Crippen molar-refractivity contribution in [2.45, 2.75) is 6.92 Å². The molecule has 0 aliphatic carbocycles. The van der Waals surface area contributed by atoms with Crippen LogP contribution in [0.5, 0.6) is 0 Å². The highest BCUT2D eigenvalue weighted by Gasteiger charge is 2.19. The largest absolute Gasteiger partial charge is 0.463 e. The summed E-state index contributed by atoms with van der Waals surface area (Å²) in [5.41, 5.74) is 2.49. The molecule has 4 heteroatoms. The van der Waals surface area contributed by atoms with Crippen LogP contribution in [0.3, 0.4) is 0 Å². The van der Waals surface area contributed by atoms with Gasteiger partial charge in [0.05, 0.1) is 18.9 Å². The first-order chi connectivity index (χ1) is 8.63. The van der Waals surface area contributed by atoms with Gasteiger partial charge in [-0.3, -0.25) is 9.63 Å². The lowest BCUT2D eigenvalue weighted by Crippen LogP contribution is -2.25. The first-order valence-corrected chi connectivity index (χ1v) is 5.60. The molecule has 2 aromatic rings. The molecule has 0 N–H and O–H groups in total. The number of hydrogen-bond acceptors (Lipinski definition) is 3. The Hall–Kier alpha value is -2.07. The third-order valence-corrected chi connectivity index (χ3v) is 2.74. The second-order valence-electron chi connectivity index (χ2n) is 4.02. The number of aryl methyl sites for hydroxylation is 1. The van der Waals surface area contributed by atoms with Crippen molar-refractivity contribution >= 4 is 5.91 Å². The van der Waals surface area contributed by atoms with E-state index in [-0.39, 0.29) is 5.91 Å². The van der Waals surface area contributed by atoms with Crippen LogP contribution in [0.2, 0.25) is 0 Å². The maximum atomic E-state index is 12.1. The van der Waals surface area contributed by atoms with Crippen LogP contribution < -0.4 is 0 Å². The summed E-state index contributed by atoms with van der Waals surface area (Å²) in [5, 5.41) is 1.17. The number of benzene rings is 1. The van der Waals surface area contributed by atoms with Gasteiger partial charge in [-0.1, -0.05) is 23.8 Å². The molecule has 0 saturated carbocycles. The van der Waals surface area contributed by atoms with Crippen LogP contribution >= 0.6 is 0 Å². The lowest BCUT2D eigenvalue weighted by Gasteiger charge is -2.13. The van der Waals surface area contributed by atoms with Crippen molar-refractivity contribution in [2.75, 3.05) is 14.2 Å². The molecule has 94 valence electrons. The first-order valence-electron chi connectivity index (χ1n) is 5.60. The van der Waals surface area contributed by atoms with Gasteiger partial charge in [0.1, 0.15) is 5.76 Å². The molecule has 0 unspecified atom stereocenters. The average Bonchev–Trinajstić information content (AvgIpc) is 2.86. The zero-order valence-electron chi connectivity index (χ0n) is 10.6. The zero-order chi connectivity index (χ0) is 13.1. The second kappa shape index (κ2) is 5.06. The molecule has 0 aliphatic heterocycles. The van der Waals surface area contributed by atoms with Crippen LogP contribution in [0.1, 0.15) is 15.9 Å². The molecular formula is C14H15NO3. The van der Waals surface area contributed by atoms with Crippen molar-refractivity contribution in [3.8, 4) is 11.3 Å². The summed E-state index contributed by atoms with van der Waals surface area (Å²) in [5.74, 6) is 0.329. The van der Waals surface area contributed by atoms with E-state index in [1.54, 1.807) is 13.1 Å². The molecule has 2 rings (SSSR count). The van der Waals surface area contributed by atoms with Crippen LogP contribution in [0.15, 0.2) is 41.0 Å². The van der Waals surface area contributed by atoms with Gasteiger partial charge >= 0.3 is 0 Å². The minimum Gasteiger partial charge on any atom is -0.463 e. The highest BCUT2D eigenvalue weighted by molar-refractivity contribution is 5.98. The van der Waals surface area contributed by atoms with Crippen molar-refractivity contribution in [1.29, 1.82) is 0 Å². The molecule has 1 amide bonds. The molecule has 0 aliphatic rings. The van der Waals surface area contributed by atoms with E-state index >= 15 is 0 Å². The van der Waals surface area contributed by atoms with E-state index in [2.05, 4.69) is 0 Å². The van der Waals surface area contributed by atoms with E-state index in [1.807, 2.05) is 31.2 Å². The van der Waals surface area contributed by atoms with Crippen molar-refractivity contribution in [2.24, 2.45) is 0 Å². The van der Waals surface area contributed by atoms with Crippen LogP contribution in [-0.2, 0) is 4.84 Å². The first kappa shape index (κ1) is 12.4. The zero-order valence-corrected chi connectivity index (χ0v) is 10.6. The molecule has 1 aromatic heterocycles. The average molecular weight is 245 g/mol. The molecule has 0 bridgehead atoms. The topological polar surface area (TPSA) is 42.7 Å². The molecule has 0 radical (unpaired) electrons. The number of furan rings is 1. The van der Waals surface area contributed by atoms with Crippen LogP contribution in [0.4, 0.5) is 0 Å². The Morgan fingerprint density at radius 1 is 1.33 bits per heavy atom. The smallest absolute Gasteiger partial charge is 0.281 e. The predicted molar refractivity (Wildman–Crippen MR) is 68.0 cm³/mol. The summed E-state index contributed by atoms with van der Waals surface area (Å²) in [6.45, 7) is 2.00. The van der Waals surface area contributed by atoms with E-state index in [4.69, 9.17) is 9.25 Å². The third kappa shape index (κ3) is 2.28. The molecule has 1 aromatic carbocycles. The molecule has 18 heavy (non-hydrogen) atoms. The van der Waals surface area contributed by atoms with Crippen LogP contribution in [-0.4, -0.2) is 25.1 Å². The molecule has 1 heterocycles. The van der Waals surface area contributed by atoms with Gasteiger partial charge in [-0.2, -0.15) is 0 Å². The van der Waals surface area contributed by atoms with Gasteiger partial charge < -0.3 is 4.42 Å². The van der Waals surface area contributed by atoms with E-state index in [0.29, 0.717) is 11.3 Å². The predicted octanol–water partition coefficient (Wildman–Crippen LogP) is 2.89. The summed E-state index contributed by atoms with van der Waals surface area (Å²) in [6, 6.07) is 9.46. The highest BCUT2D eigenvalue weighted by Crippen LogP contribution is 2.26. The number of carbonyl (C=O) groups excluding carboxylic acids is 1. The summed E-state index contributed by atoms with van der Waals surface area (Å²) >= 11 is 0. The van der Waals surface area contributed by atoms with E-state index in [9.17, 15) is 4.79 Å². The fraction of sp³-hybridized carbons (Fsp3) is 0.214. The number of nitrogens with zero attached hydrogens (tertiary/aromatic N) is 1. The number of amides is 1. The molecule has 0 atom stereocenters. The van der Waals surface area contributed by atoms with Gasteiger partial charge in [0.2, 0.25) is 0 Å². The maximum Gasteiger partial charge on any atom is 0.281 e. The fourth-order valence-electron chi connectivity index (χ4n) is 1.74. The summed E-state index contributed by atoms with van der Waals surface area (Å²) in [4.78, 5) is 16.9. The Morgan fingerprint density at radius 3 is 2.78 bits per heavy atom. The molecular weight excluding hydrogens is 230 g/mol.